The average Bonchev–Trinajstić information content (AvgIpc) is 2.90. The zero-order valence-electron chi connectivity index (χ0n) is 15.4. The van der Waals surface area contributed by atoms with Crippen molar-refractivity contribution in [2.75, 3.05) is 13.1 Å². The van der Waals surface area contributed by atoms with E-state index < -0.39 is 0 Å². The van der Waals surface area contributed by atoms with Crippen molar-refractivity contribution >= 4 is 11.8 Å². The molecule has 2 aliphatic rings. The standard InChI is InChI=1S/C21H29FN2O2/c22-18-7-5-6-16(14-18)15-20(25)24-12-10-17(11-13-24)21(26)23-19-8-3-1-2-4-9-19/h5-7,14,17,19H,1-4,8-13,15H2,(H,23,26). The summed E-state index contributed by atoms with van der Waals surface area (Å²) >= 11 is 0. The Morgan fingerprint density at radius 1 is 1.04 bits per heavy atom. The fourth-order valence-corrected chi connectivity index (χ4v) is 4.07. The van der Waals surface area contributed by atoms with Gasteiger partial charge in [0.05, 0.1) is 6.42 Å². The number of amides is 2. The third-order valence-electron chi connectivity index (χ3n) is 5.66. The minimum absolute atomic E-state index is 0.0106. The van der Waals surface area contributed by atoms with E-state index in [0.717, 1.165) is 12.8 Å². The molecule has 142 valence electrons. The summed E-state index contributed by atoms with van der Waals surface area (Å²) in [4.78, 5) is 26.7. The second-order valence-electron chi connectivity index (χ2n) is 7.66. The summed E-state index contributed by atoms with van der Waals surface area (Å²) in [5, 5.41) is 3.23. The molecule has 26 heavy (non-hydrogen) atoms. The summed E-state index contributed by atoms with van der Waals surface area (Å²) in [7, 11) is 0. The lowest BCUT2D eigenvalue weighted by Gasteiger charge is -2.32. The second kappa shape index (κ2) is 9.15. The zero-order chi connectivity index (χ0) is 18.4. The number of halogens is 1. The molecule has 4 nitrogen and oxygen atoms in total. The largest absolute Gasteiger partial charge is 0.353 e. The Kier molecular flexibility index (Phi) is 6.64. The second-order valence-corrected chi connectivity index (χ2v) is 7.66. The first-order valence-electron chi connectivity index (χ1n) is 9.94. The molecule has 2 fully saturated rings. The van der Waals surface area contributed by atoms with Crippen LogP contribution in [0.1, 0.15) is 56.9 Å². The van der Waals surface area contributed by atoms with E-state index >= 15 is 0 Å². The van der Waals surface area contributed by atoms with Crippen molar-refractivity contribution in [2.45, 2.75) is 63.8 Å². The molecule has 5 heteroatoms. The van der Waals surface area contributed by atoms with Crippen molar-refractivity contribution in [1.82, 2.24) is 10.2 Å². The Morgan fingerprint density at radius 2 is 1.73 bits per heavy atom. The van der Waals surface area contributed by atoms with Gasteiger partial charge in [-0.3, -0.25) is 9.59 Å². The van der Waals surface area contributed by atoms with E-state index in [2.05, 4.69) is 5.32 Å². The molecule has 2 amide bonds. The molecule has 1 saturated heterocycles. The minimum Gasteiger partial charge on any atom is -0.353 e. The summed E-state index contributed by atoms with van der Waals surface area (Å²) in [5.74, 6) is -0.131. The molecule has 1 N–H and O–H groups in total. The Labute approximate surface area is 155 Å². The van der Waals surface area contributed by atoms with Crippen molar-refractivity contribution in [3.63, 3.8) is 0 Å². The molecule has 0 aromatic heterocycles. The van der Waals surface area contributed by atoms with Crippen molar-refractivity contribution in [3.8, 4) is 0 Å². The van der Waals surface area contributed by atoms with Crippen LogP contribution in [0, 0.1) is 11.7 Å². The minimum atomic E-state index is -0.316. The van der Waals surface area contributed by atoms with Gasteiger partial charge < -0.3 is 10.2 Å². The maximum absolute atomic E-state index is 13.2. The highest BCUT2D eigenvalue weighted by molar-refractivity contribution is 5.81. The zero-order valence-corrected chi connectivity index (χ0v) is 15.4. The first-order chi connectivity index (χ1) is 12.6. The normalized spacial score (nSPS) is 19.8. The number of piperidine rings is 1. The summed E-state index contributed by atoms with van der Waals surface area (Å²) in [6.45, 7) is 1.22. The molecule has 0 atom stereocenters. The highest BCUT2D eigenvalue weighted by atomic mass is 19.1. The predicted octanol–water partition coefficient (Wildman–Crippen LogP) is 3.45. The van der Waals surface area contributed by atoms with E-state index in [-0.39, 0.29) is 30.0 Å². The van der Waals surface area contributed by atoms with Gasteiger partial charge >= 0.3 is 0 Å². The lowest BCUT2D eigenvalue weighted by molar-refractivity contribution is -0.135. The van der Waals surface area contributed by atoms with Gasteiger partial charge in [-0.25, -0.2) is 4.39 Å². The molecule has 1 heterocycles. The number of benzene rings is 1. The maximum atomic E-state index is 13.2. The Balaban J connectivity index is 1.44. The summed E-state index contributed by atoms with van der Waals surface area (Å²) in [6, 6.07) is 6.52. The van der Waals surface area contributed by atoms with E-state index in [9.17, 15) is 14.0 Å². The van der Waals surface area contributed by atoms with Crippen molar-refractivity contribution in [2.24, 2.45) is 5.92 Å². The van der Waals surface area contributed by atoms with Gasteiger partial charge in [0, 0.05) is 25.0 Å². The van der Waals surface area contributed by atoms with Gasteiger partial charge in [0.25, 0.3) is 0 Å². The first kappa shape index (κ1) is 18.9. The van der Waals surface area contributed by atoms with Crippen LogP contribution in [-0.2, 0) is 16.0 Å². The van der Waals surface area contributed by atoms with Crippen LogP contribution in [0.25, 0.3) is 0 Å². The van der Waals surface area contributed by atoms with Gasteiger partial charge in [0.1, 0.15) is 5.82 Å². The molecule has 1 aliphatic heterocycles. The molecule has 1 saturated carbocycles. The van der Waals surface area contributed by atoms with Crippen LogP contribution in [0.5, 0.6) is 0 Å². The van der Waals surface area contributed by atoms with Gasteiger partial charge in [-0.2, -0.15) is 0 Å². The van der Waals surface area contributed by atoms with Crippen LogP contribution in [-0.4, -0.2) is 35.8 Å². The number of nitrogens with zero attached hydrogens (tertiary/aromatic N) is 1. The van der Waals surface area contributed by atoms with Crippen LogP contribution >= 0.6 is 0 Å². The van der Waals surface area contributed by atoms with Crippen LogP contribution in [0.2, 0.25) is 0 Å². The number of hydrogen-bond donors (Lipinski definition) is 1. The van der Waals surface area contributed by atoms with Crippen molar-refractivity contribution < 1.29 is 14.0 Å². The summed E-state index contributed by atoms with van der Waals surface area (Å²) in [5.41, 5.74) is 0.697. The maximum Gasteiger partial charge on any atom is 0.226 e. The highest BCUT2D eigenvalue weighted by Crippen LogP contribution is 2.21. The van der Waals surface area contributed by atoms with Gasteiger partial charge in [0.2, 0.25) is 11.8 Å². The smallest absolute Gasteiger partial charge is 0.226 e. The number of carbonyl (C=O) groups excluding carboxylic acids is 2. The lowest BCUT2D eigenvalue weighted by Crippen LogP contribution is -2.45. The van der Waals surface area contributed by atoms with Gasteiger partial charge in [0.15, 0.2) is 0 Å². The molecule has 3 rings (SSSR count). The Morgan fingerprint density at radius 3 is 2.38 bits per heavy atom. The molecule has 1 aromatic carbocycles. The number of nitrogens with one attached hydrogen (secondary N) is 1. The molecular formula is C21H29FN2O2. The molecule has 1 aliphatic carbocycles. The van der Waals surface area contributed by atoms with E-state index in [1.165, 1.54) is 37.8 Å². The third-order valence-corrected chi connectivity index (χ3v) is 5.66. The fourth-order valence-electron chi connectivity index (χ4n) is 4.07. The molecule has 0 unspecified atom stereocenters. The molecular weight excluding hydrogens is 331 g/mol. The topological polar surface area (TPSA) is 49.4 Å². The number of rotatable bonds is 4. The van der Waals surface area contributed by atoms with E-state index in [4.69, 9.17) is 0 Å². The van der Waals surface area contributed by atoms with E-state index in [1.807, 2.05) is 0 Å². The number of likely N-dealkylation sites (tertiary alicyclic amines) is 1. The quantitative estimate of drug-likeness (QED) is 0.836. The monoisotopic (exact) mass is 360 g/mol. The SMILES string of the molecule is O=C(NC1CCCCCC1)C1CCN(C(=O)Cc2cccc(F)c2)CC1. The molecule has 1 aromatic rings. The van der Waals surface area contributed by atoms with E-state index in [0.29, 0.717) is 37.5 Å². The van der Waals surface area contributed by atoms with Crippen molar-refractivity contribution in [3.05, 3.63) is 35.6 Å². The van der Waals surface area contributed by atoms with Crippen LogP contribution in [0.3, 0.4) is 0 Å². The van der Waals surface area contributed by atoms with Gasteiger partial charge in [-0.05, 0) is 43.4 Å². The van der Waals surface area contributed by atoms with Gasteiger partial charge in [-0.15, -0.1) is 0 Å². The third kappa shape index (κ3) is 5.29. The summed E-state index contributed by atoms with van der Waals surface area (Å²) in [6.07, 6.45) is 8.80. The average molecular weight is 360 g/mol. The lowest BCUT2D eigenvalue weighted by atomic mass is 9.94. The number of hydrogen-bond acceptors (Lipinski definition) is 2. The number of carbonyl (C=O) groups is 2. The first-order valence-corrected chi connectivity index (χ1v) is 9.94. The molecule has 0 bridgehead atoms. The fraction of sp³-hybridized carbons (Fsp3) is 0.619. The van der Waals surface area contributed by atoms with Crippen LogP contribution < -0.4 is 5.32 Å². The highest BCUT2D eigenvalue weighted by Gasteiger charge is 2.28. The van der Waals surface area contributed by atoms with Gasteiger partial charge in [-0.1, -0.05) is 37.8 Å². The summed E-state index contributed by atoms with van der Waals surface area (Å²) < 4.78 is 13.2. The Bertz CT molecular complexity index is 618. The molecule has 0 spiro atoms. The predicted molar refractivity (Wildman–Crippen MR) is 99.0 cm³/mol. The van der Waals surface area contributed by atoms with Crippen LogP contribution in [0.4, 0.5) is 4.39 Å². The van der Waals surface area contributed by atoms with Crippen LogP contribution in [0.15, 0.2) is 24.3 Å². The Hall–Kier alpha value is -1.91. The van der Waals surface area contributed by atoms with Crippen molar-refractivity contribution in [1.29, 1.82) is 0 Å². The van der Waals surface area contributed by atoms with E-state index in [1.54, 1.807) is 17.0 Å². The molecule has 0 radical (unpaired) electrons.